The van der Waals surface area contributed by atoms with Gasteiger partial charge in [-0.25, -0.2) is 0 Å². The number of aliphatic hydroxyl groups is 1. The predicted octanol–water partition coefficient (Wildman–Crippen LogP) is 5.69. The minimum Gasteiger partial charge on any atom is -0.493 e. The van der Waals surface area contributed by atoms with Crippen LogP contribution in [0.4, 0.5) is 0 Å². The van der Waals surface area contributed by atoms with E-state index in [9.17, 15) is 14.7 Å². The van der Waals surface area contributed by atoms with Crippen LogP contribution in [0.25, 0.3) is 22.0 Å². The van der Waals surface area contributed by atoms with Gasteiger partial charge in [-0.3, -0.25) is 9.59 Å². The van der Waals surface area contributed by atoms with E-state index >= 15 is 0 Å². The van der Waals surface area contributed by atoms with Crippen molar-refractivity contribution in [1.82, 2.24) is 15.2 Å². The molecule has 1 atom stereocenters. The van der Waals surface area contributed by atoms with E-state index in [0.29, 0.717) is 43.0 Å². The van der Waals surface area contributed by atoms with Gasteiger partial charge in [0.05, 0.1) is 24.8 Å². The van der Waals surface area contributed by atoms with Crippen LogP contribution >= 0.6 is 0 Å². The Labute approximate surface area is 231 Å². The van der Waals surface area contributed by atoms with Gasteiger partial charge in [0.1, 0.15) is 5.75 Å². The van der Waals surface area contributed by atoms with Crippen LogP contribution in [0.15, 0.2) is 72.9 Å². The van der Waals surface area contributed by atoms with Crippen LogP contribution in [0, 0.1) is 0 Å². The lowest BCUT2D eigenvalue weighted by Gasteiger charge is -2.19. The maximum absolute atomic E-state index is 13.5. The molecular formula is C32H39N3O4. The molecule has 0 radical (unpaired) electrons. The number of aromatic amines is 1. The Bertz CT molecular complexity index is 1430. The largest absolute Gasteiger partial charge is 0.493 e. The Hall–Kier alpha value is -4.10. The van der Waals surface area contributed by atoms with E-state index in [2.05, 4.69) is 10.3 Å². The zero-order chi connectivity index (χ0) is 27.8. The number of aliphatic hydroxyl groups excluding tert-OH is 1. The highest BCUT2D eigenvalue weighted by molar-refractivity contribution is 5.99. The lowest BCUT2D eigenvalue weighted by atomic mass is 9.99. The summed E-state index contributed by atoms with van der Waals surface area (Å²) in [4.78, 5) is 31.5. The molecule has 0 aliphatic heterocycles. The molecule has 206 valence electrons. The molecule has 7 nitrogen and oxygen atoms in total. The summed E-state index contributed by atoms with van der Waals surface area (Å²) in [5.41, 5.74) is 4.67. The Balaban J connectivity index is 0.00000441. The molecule has 0 saturated heterocycles. The van der Waals surface area contributed by atoms with Crippen LogP contribution in [0.1, 0.15) is 54.9 Å². The van der Waals surface area contributed by atoms with Gasteiger partial charge in [0.2, 0.25) is 0 Å². The fourth-order valence-electron chi connectivity index (χ4n) is 4.74. The van der Waals surface area contributed by atoms with Crippen molar-refractivity contribution in [2.45, 2.75) is 39.7 Å². The van der Waals surface area contributed by atoms with Crippen LogP contribution in [0.5, 0.6) is 5.75 Å². The minimum absolute atomic E-state index is 0. The normalized spacial score (nSPS) is 11.8. The summed E-state index contributed by atoms with van der Waals surface area (Å²) >= 11 is 0. The number of benzene rings is 3. The van der Waals surface area contributed by atoms with Crippen molar-refractivity contribution in [2.75, 3.05) is 26.3 Å². The van der Waals surface area contributed by atoms with E-state index in [1.54, 1.807) is 17.0 Å². The maximum Gasteiger partial charge on any atom is 0.255 e. The third kappa shape index (κ3) is 6.49. The molecule has 1 aromatic heterocycles. The number of hydrogen-bond donors (Lipinski definition) is 3. The van der Waals surface area contributed by atoms with Crippen LogP contribution in [-0.2, 0) is 6.42 Å². The van der Waals surface area contributed by atoms with Crippen molar-refractivity contribution in [3.05, 3.63) is 89.6 Å². The number of nitrogens with one attached hydrogen (secondary N) is 2. The average molecular weight is 530 g/mol. The van der Waals surface area contributed by atoms with Gasteiger partial charge in [0.15, 0.2) is 0 Å². The van der Waals surface area contributed by atoms with Crippen molar-refractivity contribution in [3.8, 4) is 16.9 Å². The number of hydrogen-bond acceptors (Lipinski definition) is 4. The monoisotopic (exact) mass is 529 g/mol. The standard InChI is InChI=1S/C32H37N3O4.H2/c1-4-16-39-30-15-14-23(22-10-9-11-24(17-22)32(38)35(5-2)6-3)19-28(30)31(37)34-26(21-36)18-25-20-33-29-13-8-7-12-27(25)29;/h7-15,17,19-20,26,33,36H,4-6,16,18,21H2,1-3H3,(H,34,37);1H/t26-;/m0./s1. The smallest absolute Gasteiger partial charge is 0.255 e. The Morgan fingerprint density at radius 2 is 1.77 bits per heavy atom. The van der Waals surface area contributed by atoms with Gasteiger partial charge < -0.3 is 25.0 Å². The first-order valence-corrected chi connectivity index (χ1v) is 13.6. The summed E-state index contributed by atoms with van der Waals surface area (Å²) in [5.74, 6) is 0.139. The first-order valence-electron chi connectivity index (χ1n) is 13.6. The molecule has 3 aromatic carbocycles. The average Bonchev–Trinajstić information content (AvgIpc) is 3.38. The quantitative estimate of drug-likeness (QED) is 0.220. The Kier molecular flexibility index (Phi) is 9.39. The van der Waals surface area contributed by atoms with Gasteiger partial charge in [-0.1, -0.05) is 43.3 Å². The van der Waals surface area contributed by atoms with Crippen molar-refractivity contribution >= 4 is 22.7 Å². The Morgan fingerprint density at radius 3 is 2.51 bits per heavy atom. The number of fused-ring (bicyclic) bond motifs is 1. The first-order chi connectivity index (χ1) is 19.0. The Morgan fingerprint density at radius 1 is 1.00 bits per heavy atom. The second-order valence-electron chi connectivity index (χ2n) is 9.53. The number of para-hydroxylation sites is 1. The second-order valence-corrected chi connectivity index (χ2v) is 9.53. The lowest BCUT2D eigenvalue weighted by Crippen LogP contribution is -2.39. The number of rotatable bonds is 12. The molecule has 2 amide bonds. The van der Waals surface area contributed by atoms with E-state index < -0.39 is 6.04 Å². The van der Waals surface area contributed by atoms with Gasteiger partial charge in [-0.15, -0.1) is 0 Å². The summed E-state index contributed by atoms with van der Waals surface area (Å²) in [6.07, 6.45) is 3.20. The van der Waals surface area contributed by atoms with Crippen LogP contribution in [0.2, 0.25) is 0 Å². The molecule has 0 bridgehead atoms. The molecule has 0 saturated carbocycles. The van der Waals surface area contributed by atoms with Crippen LogP contribution < -0.4 is 10.1 Å². The summed E-state index contributed by atoms with van der Waals surface area (Å²) in [7, 11) is 0. The van der Waals surface area contributed by atoms with E-state index in [1.165, 1.54) is 0 Å². The molecule has 0 aliphatic rings. The molecule has 0 unspecified atom stereocenters. The lowest BCUT2D eigenvalue weighted by molar-refractivity contribution is 0.0772. The molecule has 39 heavy (non-hydrogen) atoms. The summed E-state index contributed by atoms with van der Waals surface area (Å²) in [6, 6.07) is 20.4. The molecule has 0 spiro atoms. The molecule has 0 aliphatic carbocycles. The highest BCUT2D eigenvalue weighted by Crippen LogP contribution is 2.28. The highest BCUT2D eigenvalue weighted by atomic mass is 16.5. The third-order valence-electron chi connectivity index (χ3n) is 6.88. The van der Waals surface area contributed by atoms with E-state index in [1.807, 2.05) is 81.6 Å². The molecule has 7 heteroatoms. The summed E-state index contributed by atoms with van der Waals surface area (Å²) in [6.45, 7) is 7.48. The van der Waals surface area contributed by atoms with Crippen molar-refractivity contribution in [2.24, 2.45) is 0 Å². The van der Waals surface area contributed by atoms with Gasteiger partial charge >= 0.3 is 0 Å². The number of aromatic nitrogens is 1. The number of carbonyl (C=O) groups is 2. The summed E-state index contributed by atoms with van der Waals surface area (Å²) < 4.78 is 5.91. The minimum atomic E-state index is -0.477. The van der Waals surface area contributed by atoms with Gasteiger partial charge in [-0.05, 0) is 73.7 Å². The fraction of sp³-hybridized carbons (Fsp3) is 0.312. The van der Waals surface area contributed by atoms with Crippen molar-refractivity contribution in [3.63, 3.8) is 0 Å². The van der Waals surface area contributed by atoms with Gasteiger partial charge in [-0.2, -0.15) is 0 Å². The van der Waals surface area contributed by atoms with E-state index in [-0.39, 0.29) is 19.8 Å². The molecule has 1 heterocycles. The SMILES string of the molecule is CCCOc1ccc(-c2cccc(C(=O)N(CC)CC)c2)cc1C(=O)N[C@H](CO)Cc1c[nH]c2ccccc12.[HH]. The van der Waals surface area contributed by atoms with Gasteiger partial charge in [0, 0.05) is 37.2 Å². The fourth-order valence-corrected chi connectivity index (χ4v) is 4.74. The topological polar surface area (TPSA) is 94.7 Å². The summed E-state index contributed by atoms with van der Waals surface area (Å²) in [5, 5.41) is 14.2. The number of nitrogens with zero attached hydrogens (tertiary/aromatic N) is 1. The molecular weight excluding hydrogens is 490 g/mol. The van der Waals surface area contributed by atoms with Crippen molar-refractivity contribution < 1.29 is 20.9 Å². The van der Waals surface area contributed by atoms with E-state index in [4.69, 9.17) is 4.74 Å². The first kappa shape index (κ1) is 27.9. The highest BCUT2D eigenvalue weighted by Gasteiger charge is 2.20. The van der Waals surface area contributed by atoms with Crippen LogP contribution in [-0.4, -0.2) is 59.1 Å². The van der Waals surface area contributed by atoms with Crippen molar-refractivity contribution in [1.29, 1.82) is 0 Å². The van der Waals surface area contributed by atoms with Gasteiger partial charge in [0.25, 0.3) is 11.8 Å². The molecule has 4 rings (SSSR count). The number of amides is 2. The van der Waals surface area contributed by atoms with Crippen LogP contribution in [0.3, 0.4) is 0 Å². The molecule has 4 aromatic rings. The predicted molar refractivity (Wildman–Crippen MR) is 157 cm³/mol. The number of H-pyrrole nitrogens is 1. The maximum atomic E-state index is 13.5. The third-order valence-corrected chi connectivity index (χ3v) is 6.88. The second kappa shape index (κ2) is 13.1. The number of carbonyl (C=O) groups excluding carboxylic acids is 2. The van der Waals surface area contributed by atoms with E-state index in [0.717, 1.165) is 34.0 Å². The molecule has 0 fully saturated rings. The zero-order valence-electron chi connectivity index (χ0n) is 22.9. The zero-order valence-corrected chi connectivity index (χ0v) is 22.9. The molecule has 3 N–H and O–H groups in total. The number of ether oxygens (including phenoxy) is 1.